The summed E-state index contributed by atoms with van der Waals surface area (Å²) in [4.78, 5) is 19.5. The highest BCUT2D eigenvalue weighted by Gasteiger charge is 2.10. The molecular formula is C13H12BrN3O2. The van der Waals surface area contributed by atoms with Gasteiger partial charge in [-0.1, -0.05) is 15.9 Å². The van der Waals surface area contributed by atoms with Crippen molar-refractivity contribution >= 4 is 27.6 Å². The number of carbonyl (C=O) groups is 1. The first-order valence-electron chi connectivity index (χ1n) is 5.60. The molecular weight excluding hydrogens is 310 g/mol. The van der Waals surface area contributed by atoms with Crippen molar-refractivity contribution in [2.24, 2.45) is 0 Å². The average Bonchev–Trinajstić information content (AvgIpc) is 2.38. The van der Waals surface area contributed by atoms with E-state index in [2.05, 4.69) is 31.2 Å². The Bertz CT molecular complexity index is 599. The lowest BCUT2D eigenvalue weighted by molar-refractivity contribution is 0.0698. The predicted molar refractivity (Wildman–Crippen MR) is 75.2 cm³/mol. The molecule has 5 nitrogen and oxygen atoms in total. The summed E-state index contributed by atoms with van der Waals surface area (Å²) in [6, 6.07) is 4.97. The minimum Gasteiger partial charge on any atom is -0.478 e. The molecule has 0 radical (unpaired) electrons. The van der Waals surface area contributed by atoms with Crippen LogP contribution in [0.3, 0.4) is 0 Å². The van der Waals surface area contributed by atoms with Crippen LogP contribution in [0.25, 0.3) is 0 Å². The van der Waals surface area contributed by atoms with Gasteiger partial charge in [-0.2, -0.15) is 0 Å². The molecule has 98 valence electrons. The van der Waals surface area contributed by atoms with Crippen molar-refractivity contribution < 1.29 is 9.90 Å². The van der Waals surface area contributed by atoms with Crippen molar-refractivity contribution in [3.63, 3.8) is 0 Å². The molecule has 0 aliphatic carbocycles. The molecule has 6 heteroatoms. The van der Waals surface area contributed by atoms with E-state index in [1.807, 2.05) is 6.92 Å². The third-order valence-electron chi connectivity index (χ3n) is 2.51. The number of hydrogen-bond acceptors (Lipinski definition) is 4. The summed E-state index contributed by atoms with van der Waals surface area (Å²) in [5.41, 5.74) is 2.37. The summed E-state index contributed by atoms with van der Waals surface area (Å²) in [7, 11) is 0. The Morgan fingerprint density at radius 2 is 2.16 bits per heavy atom. The number of anilines is 1. The molecule has 2 rings (SSSR count). The van der Waals surface area contributed by atoms with Crippen LogP contribution >= 0.6 is 15.9 Å². The third-order valence-corrected chi connectivity index (χ3v) is 3.00. The van der Waals surface area contributed by atoms with Crippen LogP contribution in [0, 0.1) is 6.92 Å². The zero-order valence-corrected chi connectivity index (χ0v) is 11.8. The van der Waals surface area contributed by atoms with Crippen LogP contribution in [-0.4, -0.2) is 21.0 Å². The lowest BCUT2D eigenvalue weighted by Crippen LogP contribution is -2.07. The number of aromatic carboxylic acids is 1. The number of carboxylic acid groups (broad SMARTS) is 1. The first kappa shape index (κ1) is 13.5. The van der Waals surface area contributed by atoms with Gasteiger partial charge in [-0.05, 0) is 25.1 Å². The van der Waals surface area contributed by atoms with Crippen LogP contribution in [0.1, 0.15) is 21.7 Å². The third kappa shape index (κ3) is 3.51. The van der Waals surface area contributed by atoms with E-state index in [0.29, 0.717) is 12.2 Å². The molecule has 19 heavy (non-hydrogen) atoms. The average molecular weight is 322 g/mol. The minimum absolute atomic E-state index is 0.225. The van der Waals surface area contributed by atoms with Crippen molar-refractivity contribution in [1.29, 1.82) is 0 Å². The molecule has 0 bridgehead atoms. The number of carboxylic acids is 1. The second kappa shape index (κ2) is 5.79. The minimum atomic E-state index is -0.968. The molecule has 0 spiro atoms. The van der Waals surface area contributed by atoms with Gasteiger partial charge in [-0.15, -0.1) is 0 Å². The van der Waals surface area contributed by atoms with Gasteiger partial charge < -0.3 is 10.4 Å². The zero-order valence-electron chi connectivity index (χ0n) is 10.2. The Hall–Kier alpha value is -1.95. The second-order valence-corrected chi connectivity index (χ2v) is 4.91. The van der Waals surface area contributed by atoms with Gasteiger partial charge in [0, 0.05) is 10.7 Å². The molecule has 0 unspecified atom stereocenters. The first-order chi connectivity index (χ1) is 9.06. The topological polar surface area (TPSA) is 75.1 Å². The molecule has 2 aromatic rings. The molecule has 0 atom stereocenters. The maximum Gasteiger partial charge on any atom is 0.337 e. The summed E-state index contributed by atoms with van der Waals surface area (Å²) in [6.45, 7) is 2.28. The van der Waals surface area contributed by atoms with Gasteiger partial charge in [0.15, 0.2) is 0 Å². The predicted octanol–water partition coefficient (Wildman–Crippen LogP) is 2.86. The SMILES string of the molecule is Cc1cnc(CNc2cc(Br)ccc2C(=O)O)cn1. The van der Waals surface area contributed by atoms with Gasteiger partial charge in [0.25, 0.3) is 0 Å². The van der Waals surface area contributed by atoms with Crippen molar-refractivity contribution in [2.45, 2.75) is 13.5 Å². The number of aryl methyl sites for hydroxylation is 1. The van der Waals surface area contributed by atoms with E-state index in [-0.39, 0.29) is 5.56 Å². The maximum atomic E-state index is 11.1. The van der Waals surface area contributed by atoms with Crippen molar-refractivity contribution in [3.8, 4) is 0 Å². The van der Waals surface area contributed by atoms with Crippen LogP contribution in [0.4, 0.5) is 5.69 Å². The molecule has 2 N–H and O–H groups in total. The van der Waals surface area contributed by atoms with E-state index >= 15 is 0 Å². The van der Waals surface area contributed by atoms with E-state index < -0.39 is 5.97 Å². The van der Waals surface area contributed by atoms with Gasteiger partial charge in [0.1, 0.15) is 0 Å². The van der Waals surface area contributed by atoms with E-state index in [1.54, 1.807) is 30.6 Å². The number of halogens is 1. The molecule has 0 aliphatic heterocycles. The van der Waals surface area contributed by atoms with Gasteiger partial charge in [-0.25, -0.2) is 4.79 Å². The summed E-state index contributed by atoms with van der Waals surface area (Å²) in [5.74, 6) is -0.968. The fourth-order valence-corrected chi connectivity index (χ4v) is 1.91. The normalized spacial score (nSPS) is 10.2. The fraction of sp³-hybridized carbons (Fsp3) is 0.154. The van der Waals surface area contributed by atoms with E-state index in [0.717, 1.165) is 15.9 Å². The summed E-state index contributed by atoms with van der Waals surface area (Å²) >= 11 is 3.32. The standard InChI is InChI=1S/C13H12BrN3O2/c1-8-5-16-10(6-15-8)7-17-12-4-9(14)2-3-11(12)13(18)19/h2-6,17H,7H2,1H3,(H,18,19). The Morgan fingerprint density at radius 1 is 1.37 bits per heavy atom. The van der Waals surface area contributed by atoms with Gasteiger partial charge >= 0.3 is 5.97 Å². The molecule has 0 amide bonds. The van der Waals surface area contributed by atoms with Gasteiger partial charge in [0.05, 0.1) is 35.4 Å². The highest BCUT2D eigenvalue weighted by Crippen LogP contribution is 2.22. The molecule has 0 saturated carbocycles. The van der Waals surface area contributed by atoms with Crippen molar-refractivity contribution in [1.82, 2.24) is 9.97 Å². The van der Waals surface area contributed by atoms with Crippen LogP contribution in [0.2, 0.25) is 0 Å². The Morgan fingerprint density at radius 3 is 2.79 bits per heavy atom. The van der Waals surface area contributed by atoms with Crippen LogP contribution in [-0.2, 0) is 6.54 Å². The molecule has 1 aromatic carbocycles. The van der Waals surface area contributed by atoms with E-state index in [4.69, 9.17) is 5.11 Å². The van der Waals surface area contributed by atoms with Crippen LogP contribution in [0.5, 0.6) is 0 Å². The summed E-state index contributed by atoms with van der Waals surface area (Å²) in [5, 5.41) is 12.2. The first-order valence-corrected chi connectivity index (χ1v) is 6.40. The van der Waals surface area contributed by atoms with E-state index in [1.165, 1.54) is 0 Å². The molecule has 0 saturated heterocycles. The van der Waals surface area contributed by atoms with Crippen LogP contribution in [0.15, 0.2) is 35.1 Å². The number of rotatable bonds is 4. The summed E-state index contributed by atoms with van der Waals surface area (Å²) in [6.07, 6.45) is 3.34. The van der Waals surface area contributed by atoms with E-state index in [9.17, 15) is 4.79 Å². The van der Waals surface area contributed by atoms with Crippen molar-refractivity contribution in [3.05, 3.63) is 52.0 Å². The molecule has 0 aliphatic rings. The maximum absolute atomic E-state index is 11.1. The quantitative estimate of drug-likeness (QED) is 0.905. The second-order valence-electron chi connectivity index (χ2n) is 4.00. The number of aromatic nitrogens is 2. The van der Waals surface area contributed by atoms with Crippen LogP contribution < -0.4 is 5.32 Å². The Balaban J connectivity index is 2.16. The fourth-order valence-electron chi connectivity index (χ4n) is 1.55. The molecule has 1 aromatic heterocycles. The smallest absolute Gasteiger partial charge is 0.337 e. The zero-order chi connectivity index (χ0) is 13.8. The Labute approximate surface area is 118 Å². The highest BCUT2D eigenvalue weighted by atomic mass is 79.9. The number of nitrogens with one attached hydrogen (secondary N) is 1. The Kier molecular flexibility index (Phi) is 4.11. The molecule has 0 fully saturated rings. The number of nitrogens with zero attached hydrogens (tertiary/aromatic N) is 2. The highest BCUT2D eigenvalue weighted by molar-refractivity contribution is 9.10. The summed E-state index contributed by atoms with van der Waals surface area (Å²) < 4.78 is 0.815. The van der Waals surface area contributed by atoms with Crippen molar-refractivity contribution in [2.75, 3.05) is 5.32 Å². The monoisotopic (exact) mass is 321 g/mol. The lowest BCUT2D eigenvalue weighted by Gasteiger charge is -2.09. The number of benzene rings is 1. The largest absolute Gasteiger partial charge is 0.478 e. The number of hydrogen-bond donors (Lipinski definition) is 2. The van der Waals surface area contributed by atoms with Gasteiger partial charge in [-0.3, -0.25) is 9.97 Å². The van der Waals surface area contributed by atoms with Gasteiger partial charge in [0.2, 0.25) is 0 Å². The lowest BCUT2D eigenvalue weighted by atomic mass is 10.2. The molecule has 1 heterocycles.